The van der Waals surface area contributed by atoms with Crippen LogP contribution in [0.2, 0.25) is 0 Å². The Hall–Kier alpha value is -2.25. The van der Waals surface area contributed by atoms with Crippen molar-refractivity contribution < 1.29 is 52.1 Å². The summed E-state index contributed by atoms with van der Waals surface area (Å²) in [6.45, 7) is 1.89. The van der Waals surface area contributed by atoms with Gasteiger partial charge in [0, 0.05) is 32.7 Å². The summed E-state index contributed by atoms with van der Waals surface area (Å²) >= 11 is 0. The van der Waals surface area contributed by atoms with Crippen molar-refractivity contribution in [2.45, 2.75) is 13.5 Å². The second kappa shape index (κ2) is 9.10. The van der Waals surface area contributed by atoms with Crippen LogP contribution in [0.25, 0.3) is 11.0 Å². The molecule has 1 aromatic carbocycles. The number of methoxy groups -OCH3 is 1. The molecule has 2 aromatic heterocycles. The molecule has 137 valence electrons. The van der Waals surface area contributed by atoms with Gasteiger partial charge >= 0.3 is 5.97 Å². The van der Waals surface area contributed by atoms with Crippen LogP contribution in [-0.2, 0) is 44.0 Å². The standard InChI is InChI=1S/C19H17N2O5.Y/c1-3-26-19(24)15-16(22)14-5-4-10-20-17(14)21(18(15)23)11-12-6-8-13(25-2)9-7-12;/h5-10,22H,3,11H2,1-2H3;/q-1;. The monoisotopic (exact) mass is 442 g/mol. The maximum absolute atomic E-state index is 12.9. The Morgan fingerprint density at radius 3 is 2.63 bits per heavy atom. The molecule has 0 saturated carbocycles. The quantitative estimate of drug-likeness (QED) is 0.481. The summed E-state index contributed by atoms with van der Waals surface area (Å²) in [6.07, 6.45) is 1.40. The largest absolute Gasteiger partial charge is 0.525 e. The van der Waals surface area contributed by atoms with Crippen molar-refractivity contribution in [3.8, 4) is 11.5 Å². The molecule has 0 spiro atoms. The predicted molar refractivity (Wildman–Crippen MR) is 94.6 cm³/mol. The average Bonchev–Trinajstić information content (AvgIpc) is 2.66. The Balaban J connectivity index is 0.00000261. The van der Waals surface area contributed by atoms with Gasteiger partial charge in [-0.3, -0.25) is 9.78 Å². The SMILES string of the molecule is CCOC(=O)c1c(O)c2c[c-]cnc2n(Cc2ccc(OC)cc2)c1=O.[Y]. The average molecular weight is 442 g/mol. The minimum absolute atomic E-state index is 0. The van der Waals surface area contributed by atoms with Crippen molar-refractivity contribution in [2.24, 2.45) is 0 Å². The number of benzene rings is 1. The first kappa shape index (κ1) is 21.1. The molecule has 1 radical (unpaired) electrons. The molecule has 0 aliphatic heterocycles. The first-order chi connectivity index (χ1) is 12.6. The fraction of sp³-hybridized carbons (Fsp3) is 0.211. The molecule has 0 aliphatic carbocycles. The van der Waals surface area contributed by atoms with Crippen molar-refractivity contribution in [2.75, 3.05) is 13.7 Å². The summed E-state index contributed by atoms with van der Waals surface area (Å²) in [5, 5.41) is 10.6. The summed E-state index contributed by atoms with van der Waals surface area (Å²) in [7, 11) is 1.57. The van der Waals surface area contributed by atoms with E-state index in [0.717, 1.165) is 5.56 Å². The Morgan fingerprint density at radius 2 is 2.00 bits per heavy atom. The summed E-state index contributed by atoms with van der Waals surface area (Å²) in [5.41, 5.74) is -0.00308. The van der Waals surface area contributed by atoms with E-state index in [1.165, 1.54) is 16.8 Å². The van der Waals surface area contributed by atoms with Gasteiger partial charge in [-0.2, -0.15) is 0 Å². The predicted octanol–water partition coefficient (Wildman–Crippen LogP) is 2.13. The first-order valence-corrected chi connectivity index (χ1v) is 7.98. The van der Waals surface area contributed by atoms with Gasteiger partial charge in [0.1, 0.15) is 11.3 Å². The second-order valence-corrected chi connectivity index (χ2v) is 5.49. The van der Waals surface area contributed by atoms with Crippen molar-refractivity contribution in [3.63, 3.8) is 0 Å². The molecule has 7 nitrogen and oxygen atoms in total. The van der Waals surface area contributed by atoms with E-state index in [1.807, 2.05) is 12.1 Å². The van der Waals surface area contributed by atoms with Crippen LogP contribution >= 0.6 is 0 Å². The molecule has 0 atom stereocenters. The van der Waals surface area contributed by atoms with Crippen LogP contribution in [-0.4, -0.2) is 34.3 Å². The van der Waals surface area contributed by atoms with Gasteiger partial charge in [-0.25, -0.2) is 16.9 Å². The minimum Gasteiger partial charge on any atom is -0.525 e. The molecule has 0 aliphatic rings. The summed E-state index contributed by atoms with van der Waals surface area (Å²) < 4.78 is 11.4. The number of hydrogen-bond acceptors (Lipinski definition) is 6. The molecular formula is C19H17N2O5Y-. The molecule has 0 bridgehead atoms. The zero-order valence-corrected chi connectivity index (χ0v) is 17.8. The third-order valence-electron chi connectivity index (χ3n) is 3.92. The van der Waals surface area contributed by atoms with Crippen LogP contribution in [0.4, 0.5) is 0 Å². The van der Waals surface area contributed by atoms with Gasteiger partial charge < -0.3 is 19.1 Å². The normalized spacial score (nSPS) is 10.3. The third kappa shape index (κ3) is 4.20. The van der Waals surface area contributed by atoms with E-state index >= 15 is 0 Å². The number of nitrogens with zero attached hydrogens (tertiary/aromatic N) is 2. The zero-order valence-electron chi connectivity index (χ0n) is 14.9. The summed E-state index contributed by atoms with van der Waals surface area (Å²) in [5.74, 6) is -0.625. The Morgan fingerprint density at radius 1 is 1.30 bits per heavy atom. The molecule has 3 aromatic rings. The van der Waals surface area contributed by atoms with E-state index in [2.05, 4.69) is 11.1 Å². The first-order valence-electron chi connectivity index (χ1n) is 7.98. The molecule has 8 heteroatoms. The fourth-order valence-electron chi connectivity index (χ4n) is 2.66. The van der Waals surface area contributed by atoms with Crippen LogP contribution in [0.1, 0.15) is 22.8 Å². The number of carbonyl (C=O) groups excluding carboxylic acids is 1. The minimum atomic E-state index is -0.871. The Bertz CT molecular complexity index is 1020. The van der Waals surface area contributed by atoms with E-state index < -0.39 is 22.8 Å². The van der Waals surface area contributed by atoms with Gasteiger partial charge in [0.15, 0.2) is 0 Å². The summed E-state index contributed by atoms with van der Waals surface area (Å²) in [6, 6.07) is 11.4. The molecule has 1 N–H and O–H groups in total. The number of pyridine rings is 2. The van der Waals surface area contributed by atoms with E-state index in [-0.39, 0.29) is 56.9 Å². The van der Waals surface area contributed by atoms with Crippen molar-refractivity contribution in [1.29, 1.82) is 0 Å². The maximum atomic E-state index is 12.9. The maximum Gasteiger partial charge on any atom is 0.345 e. The van der Waals surface area contributed by atoms with Crippen molar-refractivity contribution >= 4 is 17.0 Å². The fourth-order valence-corrected chi connectivity index (χ4v) is 2.66. The van der Waals surface area contributed by atoms with Crippen molar-refractivity contribution in [1.82, 2.24) is 9.55 Å². The topological polar surface area (TPSA) is 90.7 Å². The van der Waals surface area contributed by atoms with E-state index in [9.17, 15) is 14.7 Å². The van der Waals surface area contributed by atoms with E-state index in [1.54, 1.807) is 26.2 Å². The second-order valence-electron chi connectivity index (χ2n) is 5.49. The van der Waals surface area contributed by atoms with Crippen LogP contribution < -0.4 is 10.3 Å². The van der Waals surface area contributed by atoms with Gasteiger partial charge in [0.2, 0.25) is 0 Å². The Kier molecular flexibility index (Phi) is 7.10. The number of ether oxygens (including phenoxy) is 2. The number of aromatic hydroxyl groups is 1. The van der Waals surface area contributed by atoms with Crippen LogP contribution in [0.3, 0.4) is 0 Å². The van der Waals surface area contributed by atoms with Crippen molar-refractivity contribution in [3.05, 3.63) is 64.1 Å². The van der Waals surface area contributed by atoms with Gasteiger partial charge in [-0.15, -0.1) is 0 Å². The molecule has 0 unspecified atom stereocenters. The molecule has 0 fully saturated rings. The van der Waals surface area contributed by atoms with Crippen LogP contribution in [0, 0.1) is 6.07 Å². The van der Waals surface area contributed by atoms with E-state index in [4.69, 9.17) is 9.47 Å². The molecule has 27 heavy (non-hydrogen) atoms. The number of fused-ring (bicyclic) bond motifs is 1. The molecule has 3 rings (SSSR count). The number of aromatic nitrogens is 2. The van der Waals surface area contributed by atoms with E-state index in [0.29, 0.717) is 5.75 Å². The number of hydrogen-bond donors (Lipinski definition) is 1. The van der Waals surface area contributed by atoms with Crippen LogP contribution in [0.5, 0.6) is 11.5 Å². The molecule has 2 heterocycles. The number of carbonyl (C=O) groups is 1. The number of esters is 1. The van der Waals surface area contributed by atoms with Gasteiger partial charge in [-0.1, -0.05) is 23.7 Å². The Labute approximate surface area is 180 Å². The third-order valence-corrected chi connectivity index (χ3v) is 3.92. The smallest absolute Gasteiger partial charge is 0.345 e. The summed E-state index contributed by atoms with van der Waals surface area (Å²) in [4.78, 5) is 29.2. The molecule has 0 amide bonds. The van der Waals surface area contributed by atoms with Crippen LogP contribution in [0.15, 0.2) is 41.3 Å². The van der Waals surface area contributed by atoms with Gasteiger partial charge in [-0.05, 0) is 24.6 Å². The van der Waals surface area contributed by atoms with Gasteiger partial charge in [0.25, 0.3) is 5.56 Å². The zero-order chi connectivity index (χ0) is 18.7. The molecule has 0 saturated heterocycles. The number of rotatable bonds is 5. The molecular weight excluding hydrogens is 425 g/mol. The van der Waals surface area contributed by atoms with Gasteiger partial charge in [0.05, 0.1) is 31.7 Å².